The lowest BCUT2D eigenvalue weighted by Gasteiger charge is -2.13. The van der Waals surface area contributed by atoms with E-state index in [9.17, 15) is 5.11 Å². The van der Waals surface area contributed by atoms with Gasteiger partial charge in [0.25, 0.3) is 0 Å². The smallest absolute Gasteiger partial charge is 0.122 e. The Morgan fingerprint density at radius 2 is 2.00 bits per heavy atom. The zero-order valence-electron chi connectivity index (χ0n) is 8.89. The molecular formula is C12H16ClNO. The Labute approximate surface area is 95.1 Å². The van der Waals surface area contributed by atoms with Crippen molar-refractivity contribution in [2.75, 3.05) is 0 Å². The summed E-state index contributed by atoms with van der Waals surface area (Å²) in [5.74, 6) is 0.374. The number of benzene rings is 1. The zero-order valence-corrected chi connectivity index (χ0v) is 9.64. The van der Waals surface area contributed by atoms with Gasteiger partial charge in [0.1, 0.15) is 5.75 Å². The standard InChI is InChI=1S/C12H16ClNO/c1-2-8-5-10(13)6-9(11(8)15)7-12(14)3-4-12/h5-6,15H,2-4,7,14H2,1H3. The van der Waals surface area contributed by atoms with Crippen molar-refractivity contribution in [1.82, 2.24) is 0 Å². The molecule has 1 saturated carbocycles. The van der Waals surface area contributed by atoms with E-state index < -0.39 is 0 Å². The molecule has 3 heteroatoms. The van der Waals surface area contributed by atoms with Crippen LogP contribution in [0.3, 0.4) is 0 Å². The Bertz CT molecular complexity index is 385. The fraction of sp³-hybridized carbons (Fsp3) is 0.500. The van der Waals surface area contributed by atoms with Crippen LogP contribution in [0.5, 0.6) is 5.75 Å². The second kappa shape index (κ2) is 3.69. The van der Waals surface area contributed by atoms with Crippen molar-refractivity contribution in [2.24, 2.45) is 5.73 Å². The first-order chi connectivity index (χ1) is 7.04. The Morgan fingerprint density at radius 3 is 2.53 bits per heavy atom. The maximum absolute atomic E-state index is 9.99. The van der Waals surface area contributed by atoms with Crippen LogP contribution >= 0.6 is 11.6 Å². The normalized spacial score (nSPS) is 17.8. The number of halogens is 1. The molecule has 0 unspecified atom stereocenters. The average molecular weight is 226 g/mol. The molecule has 2 rings (SSSR count). The van der Waals surface area contributed by atoms with Crippen LogP contribution in [-0.4, -0.2) is 10.6 Å². The molecule has 0 aromatic heterocycles. The molecule has 0 bridgehead atoms. The molecule has 0 spiro atoms. The number of rotatable bonds is 3. The highest BCUT2D eigenvalue weighted by molar-refractivity contribution is 6.30. The number of phenols is 1. The summed E-state index contributed by atoms with van der Waals surface area (Å²) in [4.78, 5) is 0. The van der Waals surface area contributed by atoms with Gasteiger partial charge in [0, 0.05) is 10.6 Å². The summed E-state index contributed by atoms with van der Waals surface area (Å²) in [6.07, 6.45) is 3.60. The van der Waals surface area contributed by atoms with Crippen molar-refractivity contribution >= 4 is 11.6 Å². The lowest BCUT2D eigenvalue weighted by atomic mass is 10.00. The van der Waals surface area contributed by atoms with Gasteiger partial charge in [-0.1, -0.05) is 18.5 Å². The van der Waals surface area contributed by atoms with Crippen LogP contribution in [0.15, 0.2) is 12.1 Å². The van der Waals surface area contributed by atoms with Gasteiger partial charge in [-0.05, 0) is 48.9 Å². The van der Waals surface area contributed by atoms with Crippen molar-refractivity contribution < 1.29 is 5.11 Å². The van der Waals surface area contributed by atoms with Gasteiger partial charge in [-0.25, -0.2) is 0 Å². The van der Waals surface area contributed by atoms with Crippen LogP contribution in [0.4, 0.5) is 0 Å². The highest BCUT2D eigenvalue weighted by Crippen LogP contribution is 2.39. The average Bonchev–Trinajstić information content (AvgIpc) is 2.89. The molecule has 0 aliphatic heterocycles. The highest BCUT2D eigenvalue weighted by atomic mass is 35.5. The molecule has 82 valence electrons. The van der Waals surface area contributed by atoms with E-state index in [1.807, 2.05) is 19.1 Å². The molecule has 0 radical (unpaired) electrons. The molecule has 2 nitrogen and oxygen atoms in total. The van der Waals surface area contributed by atoms with Crippen LogP contribution in [0.25, 0.3) is 0 Å². The third kappa shape index (κ3) is 2.27. The summed E-state index contributed by atoms with van der Waals surface area (Å²) < 4.78 is 0. The summed E-state index contributed by atoms with van der Waals surface area (Å²) >= 11 is 6.00. The molecule has 15 heavy (non-hydrogen) atoms. The van der Waals surface area contributed by atoms with Crippen LogP contribution < -0.4 is 5.73 Å². The van der Waals surface area contributed by atoms with Gasteiger partial charge in [0.2, 0.25) is 0 Å². The van der Waals surface area contributed by atoms with E-state index in [0.29, 0.717) is 10.8 Å². The predicted molar refractivity (Wildman–Crippen MR) is 62.4 cm³/mol. The Hall–Kier alpha value is -0.730. The lowest BCUT2D eigenvalue weighted by Crippen LogP contribution is -2.24. The van der Waals surface area contributed by atoms with Gasteiger partial charge >= 0.3 is 0 Å². The molecule has 1 fully saturated rings. The number of hydrogen-bond acceptors (Lipinski definition) is 2. The van der Waals surface area contributed by atoms with Crippen LogP contribution in [0.2, 0.25) is 5.02 Å². The first-order valence-corrected chi connectivity index (χ1v) is 5.71. The SMILES string of the molecule is CCc1cc(Cl)cc(CC2(N)CC2)c1O. The monoisotopic (exact) mass is 225 g/mol. The third-order valence-electron chi connectivity index (χ3n) is 3.05. The van der Waals surface area contributed by atoms with Crippen molar-refractivity contribution in [3.63, 3.8) is 0 Å². The molecule has 1 aromatic carbocycles. The first kappa shape index (κ1) is 10.8. The molecule has 0 atom stereocenters. The Kier molecular flexibility index (Phi) is 2.65. The Balaban J connectivity index is 2.32. The van der Waals surface area contributed by atoms with Crippen LogP contribution in [-0.2, 0) is 12.8 Å². The minimum absolute atomic E-state index is 0.0901. The summed E-state index contributed by atoms with van der Waals surface area (Å²) in [5.41, 5.74) is 7.74. The van der Waals surface area contributed by atoms with Crippen molar-refractivity contribution in [3.05, 3.63) is 28.3 Å². The summed E-state index contributed by atoms with van der Waals surface area (Å²) in [7, 11) is 0. The van der Waals surface area contributed by atoms with Gasteiger partial charge in [-0.3, -0.25) is 0 Å². The molecule has 3 N–H and O–H groups in total. The number of aromatic hydroxyl groups is 1. The maximum Gasteiger partial charge on any atom is 0.122 e. The number of hydrogen-bond donors (Lipinski definition) is 2. The van der Waals surface area contributed by atoms with Gasteiger partial charge in [-0.2, -0.15) is 0 Å². The van der Waals surface area contributed by atoms with Gasteiger partial charge < -0.3 is 10.8 Å². The van der Waals surface area contributed by atoms with Crippen LogP contribution in [0, 0.1) is 0 Å². The quantitative estimate of drug-likeness (QED) is 0.831. The second-order valence-corrected chi connectivity index (χ2v) is 4.90. The minimum Gasteiger partial charge on any atom is -0.507 e. The highest BCUT2D eigenvalue weighted by Gasteiger charge is 2.38. The maximum atomic E-state index is 9.99. The summed E-state index contributed by atoms with van der Waals surface area (Å²) in [5, 5.41) is 10.7. The number of aryl methyl sites for hydroxylation is 1. The third-order valence-corrected chi connectivity index (χ3v) is 3.27. The van der Waals surface area contributed by atoms with Gasteiger partial charge in [-0.15, -0.1) is 0 Å². The van der Waals surface area contributed by atoms with E-state index in [1.165, 1.54) is 0 Å². The lowest BCUT2D eigenvalue weighted by molar-refractivity contribution is 0.457. The topological polar surface area (TPSA) is 46.2 Å². The van der Waals surface area contributed by atoms with Crippen LogP contribution in [0.1, 0.15) is 30.9 Å². The first-order valence-electron chi connectivity index (χ1n) is 5.33. The second-order valence-electron chi connectivity index (χ2n) is 4.47. The molecular weight excluding hydrogens is 210 g/mol. The zero-order chi connectivity index (χ0) is 11.1. The van der Waals surface area contributed by atoms with E-state index in [1.54, 1.807) is 0 Å². The van der Waals surface area contributed by atoms with Gasteiger partial charge in [0.05, 0.1) is 0 Å². The summed E-state index contributed by atoms with van der Waals surface area (Å²) in [6.45, 7) is 2.00. The van der Waals surface area contributed by atoms with Crippen molar-refractivity contribution in [3.8, 4) is 5.75 Å². The van der Waals surface area contributed by atoms with Crippen molar-refractivity contribution in [1.29, 1.82) is 0 Å². The van der Waals surface area contributed by atoms with E-state index in [2.05, 4.69) is 0 Å². The van der Waals surface area contributed by atoms with E-state index in [-0.39, 0.29) is 5.54 Å². The molecule has 1 aliphatic carbocycles. The largest absolute Gasteiger partial charge is 0.507 e. The molecule has 1 aliphatic rings. The minimum atomic E-state index is -0.0901. The van der Waals surface area contributed by atoms with Crippen molar-refractivity contribution in [2.45, 2.75) is 38.1 Å². The fourth-order valence-corrected chi connectivity index (χ4v) is 2.10. The molecule has 0 saturated heterocycles. The molecule has 0 heterocycles. The number of nitrogens with two attached hydrogens (primary N) is 1. The van der Waals surface area contributed by atoms with E-state index in [0.717, 1.165) is 36.8 Å². The number of phenolic OH excluding ortho intramolecular Hbond substituents is 1. The van der Waals surface area contributed by atoms with E-state index in [4.69, 9.17) is 17.3 Å². The molecule has 1 aromatic rings. The van der Waals surface area contributed by atoms with E-state index >= 15 is 0 Å². The predicted octanol–water partition coefficient (Wildman–Crippen LogP) is 2.64. The summed E-state index contributed by atoms with van der Waals surface area (Å²) in [6, 6.07) is 3.64. The van der Waals surface area contributed by atoms with Gasteiger partial charge in [0.15, 0.2) is 0 Å². The Morgan fingerprint density at radius 1 is 1.40 bits per heavy atom. The molecule has 0 amide bonds. The fourth-order valence-electron chi connectivity index (χ4n) is 1.84.